The molecule has 6 heteroatoms. The van der Waals surface area contributed by atoms with Gasteiger partial charge in [-0.1, -0.05) is 12.1 Å². The summed E-state index contributed by atoms with van der Waals surface area (Å²) in [6.07, 6.45) is -0.538. The van der Waals surface area contributed by atoms with Crippen LogP contribution in [0.15, 0.2) is 24.3 Å². The maximum absolute atomic E-state index is 12.9. The van der Waals surface area contributed by atoms with Crippen molar-refractivity contribution in [2.24, 2.45) is 0 Å². The van der Waals surface area contributed by atoms with Gasteiger partial charge in [0, 0.05) is 0 Å². The summed E-state index contributed by atoms with van der Waals surface area (Å²) in [6, 6.07) is 5.39. The molecular weight excluding hydrogens is 223 g/mol. The lowest BCUT2D eigenvalue weighted by Crippen LogP contribution is -2.05. The number of hydrogen-bond donors (Lipinski definition) is 1. The molecule has 0 amide bonds. The molecule has 1 atom stereocenters. The van der Waals surface area contributed by atoms with Crippen molar-refractivity contribution in [3.8, 4) is 5.75 Å². The molecule has 4 nitrogen and oxygen atoms in total. The van der Waals surface area contributed by atoms with Crippen LogP contribution in [0, 0.1) is 0 Å². The second-order valence-electron chi connectivity index (χ2n) is 3.01. The van der Waals surface area contributed by atoms with Crippen LogP contribution < -0.4 is 4.18 Å². The summed E-state index contributed by atoms with van der Waals surface area (Å²) >= 11 is 0. The number of rotatable bonds is 4. The van der Waals surface area contributed by atoms with E-state index >= 15 is 0 Å². The number of aliphatic hydroxyl groups excluding tert-OH is 1. The van der Waals surface area contributed by atoms with Crippen LogP contribution in [0.4, 0.5) is 4.39 Å². The second-order valence-corrected chi connectivity index (χ2v) is 4.58. The summed E-state index contributed by atoms with van der Waals surface area (Å²) < 4.78 is 39.0. The number of hydrogen-bond acceptors (Lipinski definition) is 4. The summed E-state index contributed by atoms with van der Waals surface area (Å²) in [7, 11) is -3.56. The van der Waals surface area contributed by atoms with Crippen LogP contribution in [-0.2, 0) is 10.1 Å². The highest BCUT2D eigenvalue weighted by molar-refractivity contribution is 7.86. The molecule has 0 bridgehead atoms. The number of alkyl halides is 1. The van der Waals surface area contributed by atoms with Crippen molar-refractivity contribution in [3.05, 3.63) is 29.8 Å². The third-order valence-corrected chi connectivity index (χ3v) is 2.14. The largest absolute Gasteiger partial charge is 0.393 e. The predicted octanol–water partition coefficient (Wildman–Crippen LogP) is 1.03. The molecule has 0 saturated carbocycles. The van der Waals surface area contributed by atoms with Crippen LogP contribution in [0.2, 0.25) is 0 Å². The summed E-state index contributed by atoms with van der Waals surface area (Å²) in [5.74, 6) is 0.117. The first-order valence-electron chi connectivity index (χ1n) is 4.17. The third kappa shape index (κ3) is 3.85. The zero-order chi connectivity index (χ0) is 11.5. The Morgan fingerprint density at radius 2 is 1.93 bits per heavy atom. The van der Waals surface area contributed by atoms with E-state index in [9.17, 15) is 12.8 Å². The summed E-state index contributed by atoms with van der Waals surface area (Å²) in [4.78, 5) is 0. The van der Waals surface area contributed by atoms with E-state index in [1.54, 1.807) is 0 Å². The van der Waals surface area contributed by atoms with Crippen LogP contribution in [0.5, 0.6) is 5.75 Å². The van der Waals surface area contributed by atoms with Gasteiger partial charge in [-0.3, -0.25) is 0 Å². The van der Waals surface area contributed by atoms with E-state index in [0.29, 0.717) is 0 Å². The number of halogens is 1. The lowest BCUT2D eigenvalue weighted by atomic mass is 10.1. The van der Waals surface area contributed by atoms with E-state index in [-0.39, 0.29) is 11.3 Å². The Hall–Kier alpha value is -1.14. The van der Waals surface area contributed by atoms with Gasteiger partial charge < -0.3 is 9.29 Å². The Morgan fingerprint density at radius 3 is 2.33 bits per heavy atom. The van der Waals surface area contributed by atoms with Gasteiger partial charge in [-0.25, -0.2) is 4.39 Å². The molecule has 0 aliphatic carbocycles. The molecule has 84 valence electrons. The fourth-order valence-electron chi connectivity index (χ4n) is 1.01. The van der Waals surface area contributed by atoms with Gasteiger partial charge >= 0.3 is 10.1 Å². The summed E-state index contributed by atoms with van der Waals surface area (Å²) in [5, 5.41) is 8.54. The van der Waals surface area contributed by atoms with Crippen LogP contribution in [-0.4, -0.2) is 26.4 Å². The molecule has 0 heterocycles. The van der Waals surface area contributed by atoms with Crippen molar-refractivity contribution in [1.29, 1.82) is 0 Å². The van der Waals surface area contributed by atoms with E-state index in [1.807, 2.05) is 0 Å². The van der Waals surface area contributed by atoms with Crippen molar-refractivity contribution >= 4 is 10.1 Å². The van der Waals surface area contributed by atoms with E-state index in [0.717, 1.165) is 6.26 Å². The zero-order valence-corrected chi connectivity index (χ0v) is 8.87. The Kier molecular flexibility index (Phi) is 3.65. The Labute approximate surface area is 87.4 Å². The minimum absolute atomic E-state index is 0.117. The van der Waals surface area contributed by atoms with Crippen molar-refractivity contribution < 1.29 is 22.1 Å². The SMILES string of the molecule is CS(=O)(=O)Oc1ccc(C(F)CO)cc1. The maximum atomic E-state index is 12.9. The fraction of sp³-hybridized carbons (Fsp3) is 0.333. The van der Waals surface area contributed by atoms with Crippen LogP contribution in [0.3, 0.4) is 0 Å². The van der Waals surface area contributed by atoms with Gasteiger partial charge in [0.2, 0.25) is 0 Å². The van der Waals surface area contributed by atoms with E-state index in [2.05, 4.69) is 4.18 Å². The fourth-order valence-corrected chi connectivity index (χ4v) is 1.47. The summed E-state index contributed by atoms with van der Waals surface area (Å²) in [6.45, 7) is -0.605. The average molecular weight is 234 g/mol. The van der Waals surface area contributed by atoms with Crippen LogP contribution in [0.1, 0.15) is 11.7 Å². The van der Waals surface area contributed by atoms with Gasteiger partial charge in [0.1, 0.15) is 11.9 Å². The highest BCUT2D eigenvalue weighted by atomic mass is 32.2. The van der Waals surface area contributed by atoms with Crippen molar-refractivity contribution in [1.82, 2.24) is 0 Å². The van der Waals surface area contributed by atoms with Gasteiger partial charge in [0.05, 0.1) is 12.9 Å². The van der Waals surface area contributed by atoms with E-state index < -0.39 is 22.9 Å². The molecule has 1 unspecified atom stereocenters. The lowest BCUT2D eigenvalue weighted by Gasteiger charge is -2.06. The summed E-state index contributed by atoms with van der Waals surface area (Å²) in [5.41, 5.74) is 0.276. The smallest absolute Gasteiger partial charge is 0.306 e. The molecule has 0 spiro atoms. The normalized spacial score (nSPS) is 13.5. The first-order chi connectivity index (χ1) is 6.92. The minimum Gasteiger partial charge on any atom is -0.393 e. The molecule has 0 saturated heterocycles. The Bertz CT molecular complexity index is 412. The van der Waals surface area contributed by atoms with Crippen LogP contribution in [0.25, 0.3) is 0 Å². The molecule has 1 rings (SSSR count). The van der Waals surface area contributed by atoms with Gasteiger partial charge in [-0.2, -0.15) is 8.42 Å². The van der Waals surface area contributed by atoms with Gasteiger partial charge in [0.15, 0.2) is 0 Å². The monoisotopic (exact) mass is 234 g/mol. The van der Waals surface area contributed by atoms with Gasteiger partial charge in [-0.15, -0.1) is 0 Å². The highest BCUT2D eigenvalue weighted by Gasteiger charge is 2.09. The molecule has 1 N–H and O–H groups in total. The maximum Gasteiger partial charge on any atom is 0.306 e. The van der Waals surface area contributed by atoms with E-state index in [1.165, 1.54) is 24.3 Å². The predicted molar refractivity (Wildman–Crippen MR) is 52.8 cm³/mol. The first kappa shape index (κ1) is 11.9. The zero-order valence-electron chi connectivity index (χ0n) is 8.05. The molecule has 0 aromatic heterocycles. The van der Waals surface area contributed by atoms with Gasteiger partial charge in [-0.05, 0) is 17.7 Å². The first-order valence-corrected chi connectivity index (χ1v) is 5.98. The molecule has 15 heavy (non-hydrogen) atoms. The van der Waals surface area contributed by atoms with Crippen molar-refractivity contribution in [2.45, 2.75) is 6.17 Å². The van der Waals surface area contributed by atoms with E-state index in [4.69, 9.17) is 5.11 Å². The quantitative estimate of drug-likeness (QED) is 0.790. The third-order valence-electron chi connectivity index (χ3n) is 1.65. The van der Waals surface area contributed by atoms with Gasteiger partial charge in [0.25, 0.3) is 0 Å². The Balaban J connectivity index is 2.81. The number of benzene rings is 1. The topological polar surface area (TPSA) is 63.6 Å². The molecule has 1 aromatic carbocycles. The highest BCUT2D eigenvalue weighted by Crippen LogP contribution is 2.20. The molecule has 0 aliphatic heterocycles. The standard InChI is InChI=1S/C9H11FO4S/c1-15(12,13)14-8-4-2-7(3-5-8)9(10)6-11/h2-5,9,11H,6H2,1H3. The number of aliphatic hydroxyl groups is 1. The molecular formula is C9H11FO4S. The minimum atomic E-state index is -3.56. The molecule has 0 aliphatic rings. The molecule has 0 fully saturated rings. The molecule has 1 aromatic rings. The second kappa shape index (κ2) is 4.59. The molecule has 0 radical (unpaired) electrons. The lowest BCUT2D eigenvalue weighted by molar-refractivity contribution is 0.180. The van der Waals surface area contributed by atoms with Crippen molar-refractivity contribution in [3.63, 3.8) is 0 Å². The van der Waals surface area contributed by atoms with Crippen molar-refractivity contribution in [2.75, 3.05) is 12.9 Å². The van der Waals surface area contributed by atoms with Crippen LogP contribution >= 0.6 is 0 Å². The average Bonchev–Trinajstić information content (AvgIpc) is 2.15. The Morgan fingerprint density at radius 1 is 1.40 bits per heavy atom.